The zero-order chi connectivity index (χ0) is 24.8. The van der Waals surface area contributed by atoms with Crippen LogP contribution >= 0.6 is 0 Å². The molecule has 0 radical (unpaired) electrons. The summed E-state index contributed by atoms with van der Waals surface area (Å²) < 4.78 is 31.7. The smallest absolute Gasteiger partial charge is 0.477 e. The van der Waals surface area contributed by atoms with E-state index in [2.05, 4.69) is 5.32 Å². The standard InChI is InChI=1S/C20H19N3O4.C2HF3O2/c24-18-11(7-9-22(18)12-4-2-1-3-5-12)10-14-13-6-8-21-15-16(13)23(19(15)25)17(14)20(26)27;3-2(4,5)1(6)7/h1-5,10,13,15-16,21H,6-9H2,(H,26,27);(H,6,7)/b11-10+;/t13?,15-,16+;/m0./s1. The lowest BCUT2D eigenvalue weighted by atomic mass is 9.79. The highest BCUT2D eigenvalue weighted by molar-refractivity contribution is 6.09. The van der Waals surface area contributed by atoms with Crippen LogP contribution in [0.1, 0.15) is 12.8 Å². The average Bonchev–Trinajstić information content (AvgIpc) is 3.31. The van der Waals surface area contributed by atoms with Gasteiger partial charge in [0.25, 0.3) is 5.91 Å². The summed E-state index contributed by atoms with van der Waals surface area (Å²) in [5, 5.41) is 20.0. The largest absolute Gasteiger partial charge is 0.490 e. The van der Waals surface area contributed by atoms with Crippen LogP contribution in [0.15, 0.2) is 53.3 Å². The van der Waals surface area contributed by atoms with E-state index >= 15 is 0 Å². The molecule has 4 aliphatic rings. The molecular weight excluding hydrogens is 459 g/mol. The molecule has 4 heterocycles. The first-order valence-electron chi connectivity index (χ1n) is 10.4. The van der Waals surface area contributed by atoms with Crippen molar-refractivity contribution < 1.29 is 42.6 Å². The minimum Gasteiger partial charge on any atom is -0.477 e. The Labute approximate surface area is 191 Å². The summed E-state index contributed by atoms with van der Waals surface area (Å²) in [5.41, 5.74) is 2.12. The number of nitrogens with zero attached hydrogens (tertiary/aromatic N) is 2. The van der Waals surface area contributed by atoms with Crippen LogP contribution in [-0.2, 0) is 19.2 Å². The Kier molecular flexibility index (Phi) is 5.94. The molecule has 2 amide bonds. The van der Waals surface area contributed by atoms with Gasteiger partial charge >= 0.3 is 18.1 Å². The number of para-hydroxylation sites is 1. The lowest BCUT2D eigenvalue weighted by molar-refractivity contribution is -0.192. The summed E-state index contributed by atoms with van der Waals surface area (Å²) >= 11 is 0. The first-order valence-corrected chi connectivity index (χ1v) is 10.4. The summed E-state index contributed by atoms with van der Waals surface area (Å²) in [7, 11) is 0. The van der Waals surface area contributed by atoms with Gasteiger partial charge in [0, 0.05) is 23.7 Å². The van der Waals surface area contributed by atoms with Gasteiger partial charge in [0.05, 0.1) is 6.04 Å². The highest BCUT2D eigenvalue weighted by Gasteiger charge is 2.60. The van der Waals surface area contributed by atoms with E-state index in [4.69, 9.17) is 9.90 Å². The number of halogens is 3. The van der Waals surface area contributed by atoms with Crippen molar-refractivity contribution in [3.05, 3.63) is 53.3 Å². The number of hydrogen-bond acceptors (Lipinski definition) is 5. The van der Waals surface area contributed by atoms with Crippen molar-refractivity contribution in [2.75, 3.05) is 18.0 Å². The van der Waals surface area contributed by atoms with Crippen LogP contribution in [0.2, 0.25) is 0 Å². The molecule has 0 spiro atoms. The van der Waals surface area contributed by atoms with Crippen LogP contribution in [0.3, 0.4) is 0 Å². The van der Waals surface area contributed by atoms with Crippen molar-refractivity contribution >= 4 is 29.4 Å². The van der Waals surface area contributed by atoms with Crippen LogP contribution in [0.25, 0.3) is 0 Å². The molecule has 0 aromatic heterocycles. The lowest BCUT2D eigenvalue weighted by Crippen LogP contribution is -2.71. The van der Waals surface area contributed by atoms with E-state index in [9.17, 15) is 32.7 Å². The average molecular weight is 479 g/mol. The van der Waals surface area contributed by atoms with Crippen LogP contribution < -0.4 is 10.2 Å². The summed E-state index contributed by atoms with van der Waals surface area (Å²) in [6, 6.07) is 9.02. The van der Waals surface area contributed by atoms with Gasteiger partial charge in [-0.25, -0.2) is 9.59 Å². The van der Waals surface area contributed by atoms with Gasteiger partial charge in [-0.05, 0) is 43.2 Å². The van der Waals surface area contributed by atoms with Crippen molar-refractivity contribution in [1.82, 2.24) is 10.2 Å². The molecule has 0 bridgehead atoms. The molecular formula is C22H20F3N3O6. The van der Waals surface area contributed by atoms with Crippen molar-refractivity contribution in [2.45, 2.75) is 31.1 Å². The maximum absolute atomic E-state index is 12.9. The number of nitrogens with one attached hydrogen (secondary N) is 1. The van der Waals surface area contributed by atoms with Gasteiger partial charge < -0.3 is 20.4 Å². The van der Waals surface area contributed by atoms with E-state index in [0.717, 1.165) is 12.1 Å². The van der Waals surface area contributed by atoms with E-state index < -0.39 is 18.1 Å². The number of carbonyl (C=O) groups is 4. The number of anilines is 1. The number of carboxylic acid groups (broad SMARTS) is 2. The van der Waals surface area contributed by atoms with Crippen LogP contribution in [0.5, 0.6) is 0 Å². The quantitative estimate of drug-likeness (QED) is 0.443. The second-order valence-electron chi connectivity index (χ2n) is 8.15. The molecule has 3 N–H and O–H groups in total. The maximum atomic E-state index is 12.9. The van der Waals surface area contributed by atoms with Crippen molar-refractivity contribution in [2.24, 2.45) is 5.92 Å². The highest BCUT2D eigenvalue weighted by atomic mass is 19.4. The monoisotopic (exact) mass is 479 g/mol. The van der Waals surface area contributed by atoms with Gasteiger partial charge in [-0.3, -0.25) is 14.5 Å². The summed E-state index contributed by atoms with van der Waals surface area (Å²) in [5.74, 6) is -4.16. The zero-order valence-electron chi connectivity index (χ0n) is 17.6. The number of allylic oxidation sites excluding steroid dienone is 1. The SMILES string of the molecule is O=C(O)C(F)(F)F.O=C(O)C1=C(/C=C2\CCN(c3ccccc3)C2=O)C2CCN[C@@H]3C(=O)N1[C@H]23. The molecule has 34 heavy (non-hydrogen) atoms. The minimum absolute atomic E-state index is 0.0221. The molecule has 3 atom stereocenters. The predicted molar refractivity (Wildman–Crippen MR) is 110 cm³/mol. The first kappa shape index (κ1) is 23.5. The van der Waals surface area contributed by atoms with Crippen molar-refractivity contribution in [1.29, 1.82) is 0 Å². The fraction of sp³-hybridized carbons (Fsp3) is 0.364. The Morgan fingerprint density at radius 1 is 1.12 bits per heavy atom. The minimum atomic E-state index is -5.08. The van der Waals surface area contributed by atoms with Gasteiger partial charge in [-0.1, -0.05) is 18.2 Å². The van der Waals surface area contributed by atoms with Crippen LogP contribution in [-0.4, -0.2) is 70.2 Å². The predicted octanol–water partition coefficient (Wildman–Crippen LogP) is 1.52. The number of benzene rings is 1. The third-order valence-corrected chi connectivity index (χ3v) is 6.26. The second kappa shape index (κ2) is 8.60. The molecule has 0 aliphatic carbocycles. The molecule has 1 unspecified atom stereocenters. The normalized spacial score (nSPS) is 26.8. The van der Waals surface area contributed by atoms with E-state index in [1.807, 2.05) is 30.3 Å². The van der Waals surface area contributed by atoms with Gasteiger partial charge in [-0.2, -0.15) is 13.2 Å². The Hall–Kier alpha value is -3.67. The van der Waals surface area contributed by atoms with Crippen molar-refractivity contribution in [3.63, 3.8) is 0 Å². The fourth-order valence-electron chi connectivity index (χ4n) is 4.80. The number of piperidine rings is 1. The molecule has 12 heteroatoms. The topological polar surface area (TPSA) is 127 Å². The number of aliphatic carboxylic acids is 2. The zero-order valence-corrected chi connectivity index (χ0v) is 17.6. The van der Waals surface area contributed by atoms with Crippen molar-refractivity contribution in [3.8, 4) is 0 Å². The number of carboxylic acids is 2. The summed E-state index contributed by atoms with van der Waals surface area (Å²) in [6.45, 7) is 1.25. The number of rotatable bonds is 3. The molecule has 5 rings (SSSR count). The number of hydrogen-bond donors (Lipinski definition) is 3. The van der Waals surface area contributed by atoms with Crippen LogP contribution in [0, 0.1) is 5.92 Å². The number of β-lactam (4-membered cyclic amide) rings is 1. The van der Waals surface area contributed by atoms with Gasteiger partial charge in [-0.15, -0.1) is 0 Å². The third-order valence-electron chi connectivity index (χ3n) is 6.26. The molecule has 0 saturated carbocycles. The van der Waals surface area contributed by atoms with Gasteiger partial charge in [0.15, 0.2) is 0 Å². The first-order chi connectivity index (χ1) is 16.0. The van der Waals surface area contributed by atoms with E-state index in [1.165, 1.54) is 4.90 Å². The highest BCUT2D eigenvalue weighted by Crippen LogP contribution is 2.47. The van der Waals surface area contributed by atoms with Gasteiger partial charge in [0.1, 0.15) is 11.7 Å². The Bertz CT molecular complexity index is 1110. The molecule has 9 nitrogen and oxygen atoms in total. The van der Waals surface area contributed by atoms with E-state index in [0.29, 0.717) is 30.7 Å². The third kappa shape index (κ3) is 3.94. The molecule has 180 valence electrons. The summed E-state index contributed by atoms with van der Waals surface area (Å²) in [6.07, 6.45) is -2.01. The van der Waals surface area contributed by atoms with Crippen LogP contribution in [0.4, 0.5) is 18.9 Å². The summed E-state index contributed by atoms with van der Waals surface area (Å²) in [4.78, 5) is 49.1. The van der Waals surface area contributed by atoms with Gasteiger partial charge in [0.2, 0.25) is 5.91 Å². The Morgan fingerprint density at radius 3 is 2.35 bits per heavy atom. The maximum Gasteiger partial charge on any atom is 0.490 e. The fourth-order valence-corrected chi connectivity index (χ4v) is 4.80. The number of amides is 2. The number of carbonyl (C=O) groups excluding carboxylic acids is 2. The van der Waals surface area contributed by atoms with E-state index in [-0.39, 0.29) is 35.5 Å². The molecule has 3 saturated heterocycles. The molecule has 3 fully saturated rings. The Balaban J connectivity index is 0.000000344. The molecule has 4 aliphatic heterocycles. The number of alkyl halides is 3. The Morgan fingerprint density at radius 2 is 1.76 bits per heavy atom. The molecule has 1 aromatic carbocycles. The van der Waals surface area contributed by atoms with E-state index in [1.54, 1.807) is 11.0 Å². The second-order valence-corrected chi connectivity index (χ2v) is 8.15. The lowest BCUT2D eigenvalue weighted by Gasteiger charge is -2.48. The molecule has 1 aromatic rings.